The van der Waals surface area contributed by atoms with Crippen LogP contribution < -0.4 is 0 Å². The molecular weight excluding hydrogens is 1330 g/mol. The van der Waals surface area contributed by atoms with Crippen LogP contribution in [0.5, 0.6) is 0 Å². The Balaban J connectivity index is 5.29. The average Bonchev–Trinajstić information content (AvgIpc) is 1.10. The Morgan fingerprint density at radius 3 is 0.676 bits per heavy atom. The molecule has 0 radical (unpaired) electrons. The molecule has 0 fully saturated rings. The number of hydrogen-bond acceptors (Lipinski definition) is 15. The van der Waals surface area contributed by atoms with Gasteiger partial charge in [-0.25, -0.2) is 9.13 Å². The van der Waals surface area contributed by atoms with Crippen LogP contribution in [0.15, 0.2) is 12.2 Å². The van der Waals surface area contributed by atoms with Crippen LogP contribution in [0.2, 0.25) is 0 Å². The molecule has 0 aromatic rings. The number of aliphatic hydroxyl groups excluding tert-OH is 1. The molecule has 102 heavy (non-hydrogen) atoms. The molecule has 0 aromatic carbocycles. The number of unbranched alkanes of at least 4 members (excludes halogenated alkanes) is 55. The summed E-state index contributed by atoms with van der Waals surface area (Å²) in [6.45, 7) is 5.02. The zero-order valence-electron chi connectivity index (χ0n) is 66.3. The zero-order valence-corrected chi connectivity index (χ0v) is 68.1. The molecule has 17 nitrogen and oxygen atoms in total. The second kappa shape index (κ2) is 77.0. The van der Waals surface area contributed by atoms with Crippen LogP contribution in [0.4, 0.5) is 0 Å². The van der Waals surface area contributed by atoms with Gasteiger partial charge in [0.1, 0.15) is 19.3 Å². The quantitative estimate of drug-likeness (QED) is 0.0169. The van der Waals surface area contributed by atoms with Gasteiger partial charge in [0.25, 0.3) is 0 Å². The molecule has 0 aliphatic carbocycles. The van der Waals surface area contributed by atoms with E-state index in [1.54, 1.807) is 0 Å². The minimum Gasteiger partial charge on any atom is -0.462 e. The summed E-state index contributed by atoms with van der Waals surface area (Å²) in [4.78, 5) is 73.2. The second-order valence-electron chi connectivity index (χ2n) is 29.5. The summed E-state index contributed by atoms with van der Waals surface area (Å²) < 4.78 is 68.8. The molecule has 2 unspecified atom stereocenters. The van der Waals surface area contributed by atoms with Crippen molar-refractivity contribution in [2.75, 3.05) is 39.6 Å². The van der Waals surface area contributed by atoms with Gasteiger partial charge in [0.2, 0.25) is 0 Å². The molecular formula is C83H160O17P2. The summed E-state index contributed by atoms with van der Waals surface area (Å²) in [5.74, 6) is -2.12. The Labute approximate surface area is 625 Å². The highest BCUT2D eigenvalue weighted by Crippen LogP contribution is 2.45. The van der Waals surface area contributed by atoms with Crippen LogP contribution in [0.25, 0.3) is 0 Å². The van der Waals surface area contributed by atoms with E-state index in [2.05, 4.69) is 39.8 Å². The third kappa shape index (κ3) is 76.0. The van der Waals surface area contributed by atoms with Crippen molar-refractivity contribution in [3.63, 3.8) is 0 Å². The van der Waals surface area contributed by atoms with Gasteiger partial charge < -0.3 is 33.8 Å². The van der Waals surface area contributed by atoms with E-state index in [4.69, 9.17) is 37.0 Å². The Kier molecular flexibility index (Phi) is 75.3. The molecule has 0 spiro atoms. The van der Waals surface area contributed by atoms with Crippen LogP contribution in [-0.4, -0.2) is 96.7 Å². The maximum atomic E-state index is 13.1. The van der Waals surface area contributed by atoms with Gasteiger partial charge in [-0.05, 0) is 51.4 Å². The average molecular weight is 1490 g/mol. The van der Waals surface area contributed by atoms with Crippen LogP contribution in [0.3, 0.4) is 0 Å². The molecule has 0 saturated carbocycles. The van der Waals surface area contributed by atoms with E-state index < -0.39 is 97.5 Å². The molecule has 604 valence electrons. The fourth-order valence-electron chi connectivity index (χ4n) is 12.7. The van der Waals surface area contributed by atoms with E-state index in [0.717, 1.165) is 103 Å². The largest absolute Gasteiger partial charge is 0.472 e. The Morgan fingerprint density at radius 2 is 0.451 bits per heavy atom. The van der Waals surface area contributed by atoms with E-state index in [1.165, 1.54) is 257 Å². The number of ether oxygens (including phenoxy) is 4. The van der Waals surface area contributed by atoms with E-state index >= 15 is 0 Å². The summed E-state index contributed by atoms with van der Waals surface area (Å²) in [5, 5.41) is 10.7. The lowest BCUT2D eigenvalue weighted by Gasteiger charge is -2.21. The maximum Gasteiger partial charge on any atom is 0.472 e. The lowest BCUT2D eigenvalue weighted by atomic mass is 10.0. The summed E-state index contributed by atoms with van der Waals surface area (Å²) in [6, 6.07) is 0. The van der Waals surface area contributed by atoms with Crippen molar-refractivity contribution < 1.29 is 80.2 Å². The summed E-state index contributed by atoms with van der Waals surface area (Å²) >= 11 is 0. The highest BCUT2D eigenvalue weighted by atomic mass is 31.2. The van der Waals surface area contributed by atoms with E-state index in [1.807, 2.05) is 0 Å². The van der Waals surface area contributed by atoms with E-state index in [9.17, 15) is 43.2 Å². The van der Waals surface area contributed by atoms with Gasteiger partial charge in [-0.3, -0.25) is 37.3 Å². The topological polar surface area (TPSA) is 237 Å². The number of carbonyl (C=O) groups excluding carboxylic acids is 4. The van der Waals surface area contributed by atoms with Gasteiger partial charge in [0.05, 0.1) is 26.4 Å². The number of phosphoric ester groups is 2. The minimum atomic E-state index is -4.97. The predicted molar refractivity (Wildman–Crippen MR) is 418 cm³/mol. The van der Waals surface area contributed by atoms with Crippen LogP contribution in [-0.2, 0) is 65.4 Å². The summed E-state index contributed by atoms with van der Waals surface area (Å²) in [7, 11) is -9.93. The van der Waals surface area contributed by atoms with Crippen molar-refractivity contribution in [3.8, 4) is 0 Å². The monoisotopic (exact) mass is 1490 g/mol. The minimum absolute atomic E-state index is 0.0954. The first kappa shape index (κ1) is 99.8. The van der Waals surface area contributed by atoms with Gasteiger partial charge in [-0.2, -0.15) is 0 Å². The summed E-state index contributed by atoms with van der Waals surface area (Å²) in [6.07, 6.45) is 71.7. The van der Waals surface area contributed by atoms with Gasteiger partial charge in [-0.15, -0.1) is 0 Å². The Hall–Kier alpha value is -2.20. The normalized spacial score (nSPS) is 13.8. The first-order chi connectivity index (χ1) is 49.7. The smallest absolute Gasteiger partial charge is 0.462 e. The van der Waals surface area contributed by atoms with Crippen LogP contribution >= 0.6 is 15.6 Å². The van der Waals surface area contributed by atoms with Crippen molar-refractivity contribution in [3.05, 3.63) is 12.2 Å². The van der Waals surface area contributed by atoms with E-state index in [-0.39, 0.29) is 25.7 Å². The van der Waals surface area contributed by atoms with Gasteiger partial charge in [-0.1, -0.05) is 374 Å². The first-order valence-corrected chi connectivity index (χ1v) is 45.9. The number of hydrogen-bond donors (Lipinski definition) is 3. The molecule has 0 saturated heterocycles. The van der Waals surface area contributed by atoms with E-state index in [0.29, 0.717) is 25.7 Å². The molecule has 0 rings (SSSR count). The van der Waals surface area contributed by atoms with Gasteiger partial charge in [0, 0.05) is 25.7 Å². The Morgan fingerprint density at radius 1 is 0.265 bits per heavy atom. The summed E-state index contributed by atoms with van der Waals surface area (Å²) in [5.41, 5.74) is 0. The highest BCUT2D eigenvalue weighted by Gasteiger charge is 2.30. The molecule has 3 N–H and O–H groups in total. The number of rotatable bonds is 83. The maximum absolute atomic E-state index is 13.1. The standard InChI is InChI=1S/C83H160O17P2/c1-5-9-13-17-21-25-29-33-37-38-42-46-50-54-58-62-66-70-83(88)100-79(74-94-81(86)68-64-60-56-52-48-44-40-35-31-27-23-19-15-11-7-3)76-98-102(91,92)96-72-77(84)71-95-101(89,90)97-75-78(99-82(87)69-65-61-57-53-49-45-41-36-32-28-24-20-16-12-8-4)73-93-80(85)67-63-59-55-51-47-43-39-34-30-26-22-18-14-10-6-2/h36,41,77-79,84H,5-35,37-40,42-76H2,1-4H3,(H,89,90)(H,91,92)/b41-36-/t77-,78+,79+/m0/s1. The molecule has 0 aliphatic rings. The van der Waals surface area contributed by atoms with Crippen molar-refractivity contribution in [2.45, 2.75) is 457 Å². The van der Waals surface area contributed by atoms with Crippen molar-refractivity contribution in [1.82, 2.24) is 0 Å². The fourth-order valence-corrected chi connectivity index (χ4v) is 14.3. The first-order valence-electron chi connectivity index (χ1n) is 42.9. The predicted octanol–water partition coefficient (Wildman–Crippen LogP) is 25.1. The van der Waals surface area contributed by atoms with Crippen molar-refractivity contribution >= 4 is 39.5 Å². The SMILES string of the molecule is CCCCCCCC/C=C\CCCCCCCC(=O)O[C@H](COC(=O)CCCCCCCCCCCCCCCCC)COP(=O)(O)OC[C@H](O)COP(=O)(O)OC[C@@H](COC(=O)CCCCCCCCCCCCCCCCC)OC(=O)CCCCCCCCCCCCCCCCCCC. The second-order valence-corrected chi connectivity index (χ2v) is 32.4. The van der Waals surface area contributed by atoms with Crippen LogP contribution in [0, 0.1) is 0 Å². The fraction of sp³-hybridized carbons (Fsp3) is 0.928. The third-order valence-corrected chi connectivity index (χ3v) is 21.2. The number of allylic oxidation sites excluding steroid dienone is 2. The van der Waals surface area contributed by atoms with Crippen molar-refractivity contribution in [2.24, 2.45) is 0 Å². The Bertz CT molecular complexity index is 1980. The highest BCUT2D eigenvalue weighted by molar-refractivity contribution is 7.47. The zero-order chi connectivity index (χ0) is 74.6. The molecule has 0 aliphatic heterocycles. The molecule has 0 aromatic heterocycles. The molecule has 0 amide bonds. The lowest BCUT2D eigenvalue weighted by molar-refractivity contribution is -0.161. The number of phosphoric acid groups is 2. The number of carbonyl (C=O) groups is 4. The van der Waals surface area contributed by atoms with Gasteiger partial charge in [0.15, 0.2) is 12.2 Å². The third-order valence-electron chi connectivity index (χ3n) is 19.3. The van der Waals surface area contributed by atoms with Crippen LogP contribution in [0.1, 0.15) is 439 Å². The van der Waals surface area contributed by atoms with Crippen molar-refractivity contribution in [1.29, 1.82) is 0 Å². The lowest BCUT2D eigenvalue weighted by Crippen LogP contribution is -2.30. The molecule has 0 bridgehead atoms. The number of aliphatic hydroxyl groups is 1. The number of esters is 4. The molecule has 0 heterocycles. The molecule has 5 atom stereocenters. The molecule has 19 heteroatoms. The van der Waals surface area contributed by atoms with Gasteiger partial charge >= 0.3 is 39.5 Å².